The molecule has 0 aromatic carbocycles. The summed E-state index contributed by atoms with van der Waals surface area (Å²) in [6, 6.07) is 1.65. The molecule has 114 valence electrons. The van der Waals surface area contributed by atoms with Gasteiger partial charge in [0, 0.05) is 24.5 Å². The van der Waals surface area contributed by atoms with Crippen molar-refractivity contribution < 1.29 is 13.2 Å². The van der Waals surface area contributed by atoms with E-state index in [4.69, 9.17) is 10.5 Å². The van der Waals surface area contributed by atoms with Crippen LogP contribution in [0.2, 0.25) is 0 Å². The lowest BCUT2D eigenvalue weighted by molar-refractivity contribution is -0.109. The van der Waals surface area contributed by atoms with Crippen molar-refractivity contribution >= 4 is 37.3 Å². The minimum Gasteiger partial charge on any atom is -0.370 e. The highest BCUT2D eigenvalue weighted by atomic mass is 79.9. The minimum absolute atomic E-state index is 0.125. The molecule has 1 saturated heterocycles. The molecule has 0 radical (unpaired) electrons. The maximum atomic E-state index is 12.8. The van der Waals surface area contributed by atoms with E-state index in [0.717, 1.165) is 4.88 Å². The number of hydrogen-bond acceptors (Lipinski definition) is 5. The Morgan fingerprint density at radius 1 is 1.60 bits per heavy atom. The van der Waals surface area contributed by atoms with Gasteiger partial charge in [0.1, 0.15) is 4.90 Å². The largest absolute Gasteiger partial charge is 0.370 e. The number of rotatable bonds is 3. The summed E-state index contributed by atoms with van der Waals surface area (Å²) in [5, 5.41) is 0. The molecule has 0 bridgehead atoms. The van der Waals surface area contributed by atoms with Crippen LogP contribution in [0.25, 0.3) is 0 Å². The first kappa shape index (κ1) is 16.4. The van der Waals surface area contributed by atoms with Gasteiger partial charge in [-0.3, -0.25) is 0 Å². The number of ether oxygens (including phenoxy) is 1. The van der Waals surface area contributed by atoms with Gasteiger partial charge in [0.25, 0.3) is 0 Å². The molecule has 1 atom stereocenters. The number of nitrogens with zero attached hydrogens (tertiary/aromatic N) is 1. The van der Waals surface area contributed by atoms with E-state index >= 15 is 0 Å². The summed E-state index contributed by atoms with van der Waals surface area (Å²) in [5.41, 5.74) is 5.10. The SMILES string of the molecule is CC1CN(S(=O)(=O)c2cc(CN)sc2Br)CC(C)(C)O1. The van der Waals surface area contributed by atoms with Crippen molar-refractivity contribution in [2.75, 3.05) is 13.1 Å². The summed E-state index contributed by atoms with van der Waals surface area (Å²) in [4.78, 5) is 1.14. The van der Waals surface area contributed by atoms with Crippen LogP contribution >= 0.6 is 27.3 Å². The second kappa shape index (κ2) is 5.66. The molecule has 0 spiro atoms. The van der Waals surface area contributed by atoms with E-state index in [0.29, 0.717) is 28.3 Å². The number of nitrogens with two attached hydrogens (primary N) is 1. The van der Waals surface area contributed by atoms with Crippen molar-refractivity contribution in [1.82, 2.24) is 4.31 Å². The van der Waals surface area contributed by atoms with Gasteiger partial charge in [0.05, 0.1) is 15.5 Å². The molecule has 1 aromatic rings. The van der Waals surface area contributed by atoms with E-state index < -0.39 is 15.6 Å². The molecule has 2 rings (SSSR count). The summed E-state index contributed by atoms with van der Waals surface area (Å²) in [5.74, 6) is 0. The highest BCUT2D eigenvalue weighted by Crippen LogP contribution is 2.35. The Bertz CT molecular complexity index is 598. The van der Waals surface area contributed by atoms with Crippen LogP contribution in [0.5, 0.6) is 0 Å². The van der Waals surface area contributed by atoms with E-state index in [-0.39, 0.29) is 6.10 Å². The van der Waals surface area contributed by atoms with Crippen molar-refractivity contribution in [2.24, 2.45) is 5.73 Å². The van der Waals surface area contributed by atoms with Gasteiger partial charge >= 0.3 is 0 Å². The van der Waals surface area contributed by atoms with Crippen LogP contribution in [0.3, 0.4) is 0 Å². The molecule has 8 heteroatoms. The first-order valence-electron chi connectivity index (χ1n) is 6.32. The molecule has 0 amide bonds. The predicted octanol–water partition coefficient (Wildman–Crippen LogP) is 2.16. The van der Waals surface area contributed by atoms with Crippen LogP contribution in [0.1, 0.15) is 25.6 Å². The molecular formula is C12H19BrN2O3S2. The van der Waals surface area contributed by atoms with Crippen LogP contribution in [-0.2, 0) is 21.3 Å². The average molecular weight is 383 g/mol. The number of halogens is 1. The molecule has 5 nitrogen and oxygen atoms in total. The van der Waals surface area contributed by atoms with Crippen LogP contribution in [0.4, 0.5) is 0 Å². The summed E-state index contributed by atoms with van der Waals surface area (Å²) in [6.07, 6.45) is -0.125. The molecule has 1 aliphatic rings. The fraction of sp³-hybridized carbons (Fsp3) is 0.667. The van der Waals surface area contributed by atoms with Gasteiger partial charge < -0.3 is 10.5 Å². The average Bonchev–Trinajstić information content (AvgIpc) is 2.68. The first-order chi connectivity index (χ1) is 9.15. The van der Waals surface area contributed by atoms with E-state index in [1.54, 1.807) is 6.07 Å². The molecule has 0 aliphatic carbocycles. The molecule has 1 unspecified atom stereocenters. The Morgan fingerprint density at radius 3 is 2.75 bits per heavy atom. The molecular weight excluding hydrogens is 364 g/mol. The zero-order chi connectivity index (χ0) is 15.1. The molecule has 0 saturated carbocycles. The van der Waals surface area contributed by atoms with Crippen molar-refractivity contribution in [3.63, 3.8) is 0 Å². The van der Waals surface area contributed by atoms with Gasteiger partial charge in [-0.15, -0.1) is 11.3 Å². The fourth-order valence-electron chi connectivity index (χ4n) is 2.39. The Balaban J connectivity index is 2.36. The monoisotopic (exact) mass is 382 g/mol. The van der Waals surface area contributed by atoms with E-state index in [9.17, 15) is 8.42 Å². The third-order valence-corrected chi connectivity index (χ3v) is 7.15. The minimum atomic E-state index is -3.52. The highest BCUT2D eigenvalue weighted by Gasteiger charge is 2.39. The van der Waals surface area contributed by atoms with Crippen LogP contribution in [0.15, 0.2) is 14.7 Å². The number of hydrogen-bond donors (Lipinski definition) is 1. The van der Waals surface area contributed by atoms with E-state index in [2.05, 4.69) is 15.9 Å². The van der Waals surface area contributed by atoms with E-state index in [1.807, 2.05) is 20.8 Å². The summed E-state index contributed by atoms with van der Waals surface area (Å²) in [7, 11) is -3.52. The van der Waals surface area contributed by atoms with Gasteiger partial charge in [-0.1, -0.05) is 0 Å². The van der Waals surface area contributed by atoms with Crippen molar-refractivity contribution in [2.45, 2.75) is 43.9 Å². The number of morpholine rings is 1. The van der Waals surface area contributed by atoms with Crippen molar-refractivity contribution in [3.05, 3.63) is 14.7 Å². The molecule has 1 aliphatic heterocycles. The molecule has 1 fully saturated rings. The second-order valence-corrected chi connectivity index (χ2v) is 9.90. The van der Waals surface area contributed by atoms with Gasteiger partial charge in [-0.25, -0.2) is 8.42 Å². The third kappa shape index (κ3) is 3.26. The lowest BCUT2D eigenvalue weighted by Crippen LogP contribution is -2.53. The van der Waals surface area contributed by atoms with Gasteiger partial charge in [0.2, 0.25) is 10.0 Å². The Kier molecular flexibility index (Phi) is 4.63. The topological polar surface area (TPSA) is 72.6 Å². The third-order valence-electron chi connectivity index (χ3n) is 3.06. The van der Waals surface area contributed by atoms with Gasteiger partial charge in [-0.05, 0) is 42.8 Å². The lowest BCUT2D eigenvalue weighted by atomic mass is 10.1. The van der Waals surface area contributed by atoms with Crippen molar-refractivity contribution in [3.8, 4) is 0 Å². The van der Waals surface area contributed by atoms with Crippen LogP contribution < -0.4 is 5.73 Å². The Morgan fingerprint density at radius 2 is 2.25 bits per heavy atom. The Hall–Kier alpha value is 0.01000. The van der Waals surface area contributed by atoms with Gasteiger partial charge in [0.15, 0.2) is 0 Å². The molecule has 2 N–H and O–H groups in total. The lowest BCUT2D eigenvalue weighted by Gasteiger charge is -2.40. The quantitative estimate of drug-likeness (QED) is 0.868. The normalized spacial score (nSPS) is 23.9. The Labute approximate surface area is 132 Å². The van der Waals surface area contributed by atoms with Gasteiger partial charge in [-0.2, -0.15) is 4.31 Å². The molecule has 20 heavy (non-hydrogen) atoms. The molecule has 2 heterocycles. The van der Waals surface area contributed by atoms with E-state index in [1.165, 1.54) is 15.6 Å². The fourth-order valence-corrected chi connectivity index (χ4v) is 6.57. The maximum Gasteiger partial charge on any atom is 0.245 e. The van der Waals surface area contributed by atoms with Crippen LogP contribution in [-0.4, -0.2) is 37.5 Å². The zero-order valence-electron chi connectivity index (χ0n) is 11.7. The predicted molar refractivity (Wildman–Crippen MR) is 83.3 cm³/mol. The summed E-state index contributed by atoms with van der Waals surface area (Å²) >= 11 is 4.69. The zero-order valence-corrected chi connectivity index (χ0v) is 14.9. The second-order valence-electron chi connectivity index (χ2n) is 5.54. The summed E-state index contributed by atoms with van der Waals surface area (Å²) in [6.45, 7) is 6.74. The van der Waals surface area contributed by atoms with Crippen LogP contribution in [0, 0.1) is 0 Å². The standard InChI is InChI=1S/C12H19BrN2O3S2/c1-8-6-15(7-12(2,3)18-8)20(16,17)10-4-9(5-14)19-11(10)13/h4,8H,5-7,14H2,1-3H3. The maximum absolute atomic E-state index is 12.8. The first-order valence-corrected chi connectivity index (χ1v) is 9.37. The number of thiophene rings is 1. The number of sulfonamides is 1. The molecule has 1 aromatic heterocycles. The smallest absolute Gasteiger partial charge is 0.245 e. The van der Waals surface area contributed by atoms with Crippen molar-refractivity contribution in [1.29, 1.82) is 0 Å². The summed E-state index contributed by atoms with van der Waals surface area (Å²) < 4.78 is 33.4. The highest BCUT2D eigenvalue weighted by molar-refractivity contribution is 9.11.